The Morgan fingerprint density at radius 1 is 0.345 bits per heavy atom. The lowest BCUT2D eigenvalue weighted by molar-refractivity contribution is 0.755. The van der Waals surface area contributed by atoms with Gasteiger partial charge in [0.05, 0.1) is 19.0 Å². The first-order valence-electron chi connectivity index (χ1n) is 19.3. The van der Waals surface area contributed by atoms with Gasteiger partial charge in [-0.15, -0.1) is 0 Å². The van der Waals surface area contributed by atoms with Crippen LogP contribution in [0.1, 0.15) is 45.2 Å². The molecule has 0 aliphatic heterocycles. The molecule has 3 aliphatic carbocycles. The number of benzene rings is 7. The van der Waals surface area contributed by atoms with Crippen molar-refractivity contribution in [3.05, 3.63) is 227 Å². The molecule has 0 N–H and O–H groups in total. The van der Waals surface area contributed by atoms with Crippen LogP contribution in [-0.2, 0) is 0 Å². The van der Waals surface area contributed by atoms with Crippen LogP contribution in [0.5, 0.6) is 0 Å². The van der Waals surface area contributed by atoms with Gasteiger partial charge in [-0.3, -0.25) is 0 Å². The van der Waals surface area contributed by atoms with E-state index in [4.69, 9.17) is 21.5 Å². The smallest absolute Gasteiger partial charge is 0.187 e. The lowest BCUT2D eigenvalue weighted by Gasteiger charge is -2.42. The summed E-state index contributed by atoms with van der Waals surface area (Å²) in [5, 5.41) is 8.13. The van der Waals surface area contributed by atoms with Crippen molar-refractivity contribution in [2.45, 2.75) is 11.8 Å². The van der Waals surface area contributed by atoms with Crippen LogP contribution in [0.15, 0.2) is 182 Å². The van der Waals surface area contributed by atoms with Gasteiger partial charge in [0.25, 0.3) is 0 Å². The van der Waals surface area contributed by atoms with Gasteiger partial charge in [0.2, 0.25) is 0 Å². The molecule has 270 valence electrons. The van der Waals surface area contributed by atoms with Crippen molar-refractivity contribution >= 4 is 5.69 Å². The molecule has 6 heteroatoms. The van der Waals surface area contributed by atoms with Gasteiger partial charge in [0.1, 0.15) is 0 Å². The van der Waals surface area contributed by atoms with Crippen molar-refractivity contribution < 1.29 is 0 Å². The zero-order chi connectivity index (χ0) is 38.6. The summed E-state index contributed by atoms with van der Waals surface area (Å²) in [5.41, 5.74) is 18.2. The van der Waals surface area contributed by atoms with E-state index in [1.54, 1.807) is 6.20 Å². The van der Waals surface area contributed by atoms with E-state index in [1.807, 2.05) is 79.0 Å². The molecule has 0 saturated heterocycles. The van der Waals surface area contributed by atoms with Gasteiger partial charge in [-0.05, 0) is 85.5 Å². The van der Waals surface area contributed by atoms with E-state index in [-0.39, 0.29) is 11.8 Å². The van der Waals surface area contributed by atoms with Crippen LogP contribution < -0.4 is 0 Å². The number of hydrogen-bond acceptors (Lipinski definition) is 5. The molecule has 0 radical (unpaired) electrons. The lowest BCUT2D eigenvalue weighted by Crippen LogP contribution is -2.27. The lowest BCUT2D eigenvalue weighted by atomic mass is 9.60. The monoisotopic (exact) mass is 740 g/mol. The minimum Gasteiger partial charge on any atom is -0.238 e. The van der Waals surface area contributed by atoms with Crippen molar-refractivity contribution in [3.8, 4) is 67.5 Å². The van der Waals surface area contributed by atoms with Gasteiger partial charge >= 0.3 is 0 Å². The molecule has 58 heavy (non-hydrogen) atoms. The maximum absolute atomic E-state index is 7.32. The Kier molecular flexibility index (Phi) is 7.90. The van der Waals surface area contributed by atoms with Crippen LogP contribution in [0.4, 0.5) is 5.69 Å². The van der Waals surface area contributed by atoms with Crippen LogP contribution >= 0.6 is 0 Å². The van der Waals surface area contributed by atoms with Gasteiger partial charge in [0.15, 0.2) is 23.2 Å². The second kappa shape index (κ2) is 13.7. The molecule has 3 aliphatic rings. The fourth-order valence-electron chi connectivity index (χ4n) is 8.77. The van der Waals surface area contributed by atoms with E-state index >= 15 is 0 Å². The van der Waals surface area contributed by atoms with E-state index in [2.05, 4.69) is 112 Å². The van der Waals surface area contributed by atoms with Crippen molar-refractivity contribution in [1.82, 2.24) is 25.1 Å². The third-order valence-corrected chi connectivity index (χ3v) is 11.5. The number of rotatable bonds is 6. The van der Waals surface area contributed by atoms with Crippen molar-refractivity contribution in [1.29, 1.82) is 0 Å². The summed E-state index contributed by atoms with van der Waals surface area (Å²) in [5.74, 6) is 2.15. The molecule has 0 amide bonds. The van der Waals surface area contributed by atoms with E-state index in [0.717, 1.165) is 44.5 Å². The molecule has 9 aromatic rings. The molecule has 2 bridgehead atoms. The van der Waals surface area contributed by atoms with Crippen molar-refractivity contribution in [3.63, 3.8) is 0 Å². The predicted molar refractivity (Wildman–Crippen MR) is 229 cm³/mol. The van der Waals surface area contributed by atoms with Crippen LogP contribution in [-0.4, -0.2) is 25.1 Å². The van der Waals surface area contributed by atoms with E-state index in [9.17, 15) is 0 Å². The number of hydrogen-bond donors (Lipinski definition) is 0. The highest BCUT2D eigenvalue weighted by atomic mass is 15.1. The van der Waals surface area contributed by atoms with Crippen LogP contribution in [0.25, 0.3) is 72.4 Å². The predicted octanol–water partition coefficient (Wildman–Crippen LogP) is 12.2. The Balaban J connectivity index is 0.955. The summed E-state index contributed by atoms with van der Waals surface area (Å²) in [6.07, 6.45) is 3.59. The van der Waals surface area contributed by atoms with E-state index in [0.29, 0.717) is 23.2 Å². The highest BCUT2D eigenvalue weighted by Gasteiger charge is 2.41. The van der Waals surface area contributed by atoms with Crippen LogP contribution in [0.3, 0.4) is 0 Å². The molecular formula is C52H32N6. The largest absolute Gasteiger partial charge is 0.238 e. The zero-order valence-electron chi connectivity index (χ0n) is 31.2. The van der Waals surface area contributed by atoms with Gasteiger partial charge in [-0.25, -0.2) is 19.8 Å². The summed E-state index contributed by atoms with van der Waals surface area (Å²) in [4.78, 5) is 18.6. The Morgan fingerprint density at radius 3 is 1.41 bits per heavy atom. The summed E-state index contributed by atoms with van der Waals surface area (Å²) in [6, 6.07) is 59.4. The average molecular weight is 741 g/mol. The topological polar surface area (TPSA) is 68.8 Å². The van der Waals surface area contributed by atoms with Gasteiger partial charge in [-0.1, -0.05) is 146 Å². The fourth-order valence-corrected chi connectivity index (χ4v) is 8.77. The first-order valence-corrected chi connectivity index (χ1v) is 19.3. The minimum atomic E-state index is 0.159. The molecule has 2 unspecified atom stereocenters. The Morgan fingerprint density at radius 2 is 0.810 bits per heavy atom. The molecule has 6 nitrogen and oxygen atoms in total. The Bertz CT molecular complexity index is 3060. The molecule has 2 atom stereocenters. The molecule has 2 aromatic heterocycles. The fraction of sp³-hybridized carbons (Fsp3) is 0.0385. The third-order valence-electron chi connectivity index (χ3n) is 11.5. The summed E-state index contributed by atoms with van der Waals surface area (Å²) < 4.78 is 0. The highest BCUT2D eigenvalue weighted by Crippen LogP contribution is 2.56. The maximum Gasteiger partial charge on any atom is 0.187 e. The molecule has 7 aromatic carbocycles. The molecule has 0 fully saturated rings. The first-order chi connectivity index (χ1) is 28.7. The first kappa shape index (κ1) is 33.5. The Hall–Kier alpha value is -7.88. The molecule has 12 rings (SSSR count). The van der Waals surface area contributed by atoms with Crippen molar-refractivity contribution in [2.24, 2.45) is 0 Å². The summed E-state index contributed by atoms with van der Waals surface area (Å²) in [6.45, 7) is 7.32. The Labute approximate surface area is 336 Å². The standard InChI is InChI=1S/C52H32N6/c1-53-41-22-18-33(19-23-41)36-10-7-11-39(28-36)52-57-50(34-8-3-2-4-9-34)56-51(58-52)35-16-14-32(15-17-35)37-20-24-44-46(29-37)48-42-12-5-6-13-43(42)49(44)47-30-38(21-25-45(47)48)40-26-27-54-55-31-40/h2-31,48-49H. The van der Waals surface area contributed by atoms with Gasteiger partial charge in [0, 0.05) is 34.1 Å². The number of nitrogens with zero attached hydrogens (tertiary/aromatic N) is 6. The van der Waals surface area contributed by atoms with Crippen LogP contribution in [0.2, 0.25) is 0 Å². The highest BCUT2D eigenvalue weighted by molar-refractivity contribution is 5.78. The second-order valence-electron chi connectivity index (χ2n) is 14.8. The maximum atomic E-state index is 7.32. The normalized spacial score (nSPS) is 14.5. The third kappa shape index (κ3) is 5.68. The SMILES string of the molecule is [C-]#[N+]c1ccc(-c2cccc(-c3nc(-c4ccccc4)nc(-c4ccc(-c5ccc6c(c5)C5c7ccccc7C6c6cc(-c7ccnnc7)ccc65)cc4)n3)c2)cc1. The molecular weight excluding hydrogens is 709 g/mol. The summed E-state index contributed by atoms with van der Waals surface area (Å²) >= 11 is 0. The quantitative estimate of drug-likeness (QED) is 0.159. The number of aromatic nitrogens is 5. The molecule has 0 spiro atoms. The van der Waals surface area contributed by atoms with Gasteiger partial charge < -0.3 is 0 Å². The molecule has 0 saturated carbocycles. The summed E-state index contributed by atoms with van der Waals surface area (Å²) in [7, 11) is 0. The minimum absolute atomic E-state index is 0.159. The van der Waals surface area contributed by atoms with Gasteiger partial charge in [-0.2, -0.15) is 10.2 Å². The van der Waals surface area contributed by atoms with Crippen LogP contribution in [0, 0.1) is 6.57 Å². The van der Waals surface area contributed by atoms with E-state index < -0.39 is 0 Å². The second-order valence-corrected chi connectivity index (χ2v) is 14.8. The average Bonchev–Trinajstić information content (AvgIpc) is 3.31. The zero-order valence-corrected chi connectivity index (χ0v) is 31.2. The van der Waals surface area contributed by atoms with E-state index in [1.165, 1.54) is 38.9 Å². The molecule has 2 heterocycles. The van der Waals surface area contributed by atoms with Crippen molar-refractivity contribution in [2.75, 3.05) is 0 Å².